The highest BCUT2D eigenvalue weighted by atomic mass is 32.2. The summed E-state index contributed by atoms with van der Waals surface area (Å²) in [7, 11) is 1.54. The van der Waals surface area contributed by atoms with Crippen molar-refractivity contribution < 1.29 is 14.4 Å². The minimum Gasteiger partial charge on any atom is -0.470 e. The van der Waals surface area contributed by atoms with Gasteiger partial charge in [0.25, 0.3) is 5.88 Å². The first kappa shape index (κ1) is 13.7. The molecular weight excluding hydrogens is 244 g/mol. The fourth-order valence-corrected chi connectivity index (χ4v) is 1.90. The Balaban J connectivity index is 3.07. The van der Waals surface area contributed by atoms with Crippen molar-refractivity contribution in [2.75, 3.05) is 26.6 Å². The predicted octanol–water partition coefficient (Wildman–Crippen LogP) is 2.05. The highest BCUT2D eigenvalue weighted by Gasteiger charge is 2.23. The van der Waals surface area contributed by atoms with Gasteiger partial charge in [-0.1, -0.05) is 0 Å². The summed E-state index contributed by atoms with van der Waals surface area (Å²) >= 11 is 1.30. The Hall–Kier alpha value is -1.34. The summed E-state index contributed by atoms with van der Waals surface area (Å²) in [6.45, 7) is 2.37. The van der Waals surface area contributed by atoms with E-state index in [1.807, 2.05) is 0 Å². The smallest absolute Gasteiger partial charge is 0.344 e. The number of thioether (sulfide) groups is 1. The van der Waals surface area contributed by atoms with Gasteiger partial charge >= 0.3 is 5.69 Å². The van der Waals surface area contributed by atoms with Gasteiger partial charge in [0, 0.05) is 12.8 Å². The summed E-state index contributed by atoms with van der Waals surface area (Å²) in [6.07, 6.45) is 1.78. The molecule has 0 saturated heterocycles. The third-order valence-electron chi connectivity index (χ3n) is 1.98. The van der Waals surface area contributed by atoms with Crippen molar-refractivity contribution in [2.24, 2.45) is 0 Å². The molecule has 0 amide bonds. The highest BCUT2D eigenvalue weighted by molar-refractivity contribution is 7.98. The SMILES string of the molecule is COCCOc1nc(C)cc(SC)c1[N+](=O)[O-]. The van der Waals surface area contributed by atoms with Crippen LogP contribution in [0.25, 0.3) is 0 Å². The molecule has 17 heavy (non-hydrogen) atoms. The fraction of sp³-hybridized carbons (Fsp3) is 0.500. The maximum absolute atomic E-state index is 11.0. The highest BCUT2D eigenvalue weighted by Crippen LogP contribution is 2.35. The van der Waals surface area contributed by atoms with Crippen LogP contribution in [0, 0.1) is 17.0 Å². The Labute approximate surface area is 103 Å². The minimum atomic E-state index is -0.472. The first-order valence-corrected chi connectivity index (χ1v) is 6.14. The molecule has 0 spiro atoms. The van der Waals surface area contributed by atoms with Crippen LogP contribution in [0.5, 0.6) is 5.88 Å². The molecule has 0 atom stereocenters. The Morgan fingerprint density at radius 1 is 1.53 bits per heavy atom. The van der Waals surface area contributed by atoms with E-state index in [1.54, 1.807) is 19.2 Å². The molecule has 1 aromatic heterocycles. The number of rotatable bonds is 6. The van der Waals surface area contributed by atoms with Crippen molar-refractivity contribution in [1.82, 2.24) is 4.98 Å². The van der Waals surface area contributed by atoms with Gasteiger partial charge in [-0.3, -0.25) is 10.1 Å². The number of pyridine rings is 1. The number of methoxy groups -OCH3 is 1. The molecule has 1 aromatic rings. The first-order chi connectivity index (χ1) is 8.10. The van der Waals surface area contributed by atoms with Gasteiger partial charge < -0.3 is 9.47 Å². The zero-order valence-corrected chi connectivity index (χ0v) is 10.7. The topological polar surface area (TPSA) is 74.5 Å². The van der Waals surface area contributed by atoms with Crippen LogP contribution in [0.3, 0.4) is 0 Å². The Bertz CT molecular complexity index is 412. The molecule has 6 nitrogen and oxygen atoms in total. The summed E-state index contributed by atoms with van der Waals surface area (Å²) in [6, 6.07) is 1.67. The number of aromatic nitrogens is 1. The van der Waals surface area contributed by atoms with Crippen molar-refractivity contribution in [3.8, 4) is 5.88 Å². The van der Waals surface area contributed by atoms with Gasteiger partial charge in [-0.05, 0) is 19.2 Å². The number of nitro groups is 1. The Morgan fingerprint density at radius 3 is 2.76 bits per heavy atom. The van der Waals surface area contributed by atoms with Crippen LogP contribution in [0.15, 0.2) is 11.0 Å². The lowest BCUT2D eigenvalue weighted by Crippen LogP contribution is -2.08. The lowest BCUT2D eigenvalue weighted by molar-refractivity contribution is -0.389. The van der Waals surface area contributed by atoms with Crippen LogP contribution in [0.4, 0.5) is 5.69 Å². The molecule has 1 rings (SSSR count). The van der Waals surface area contributed by atoms with Gasteiger partial charge in [0.1, 0.15) is 6.61 Å². The normalized spacial score (nSPS) is 10.3. The number of aryl methyl sites for hydroxylation is 1. The van der Waals surface area contributed by atoms with Gasteiger partial charge in [-0.15, -0.1) is 11.8 Å². The minimum absolute atomic E-state index is 0.0522. The molecule has 0 N–H and O–H groups in total. The first-order valence-electron chi connectivity index (χ1n) is 4.92. The van der Waals surface area contributed by atoms with E-state index >= 15 is 0 Å². The average Bonchev–Trinajstić information content (AvgIpc) is 2.28. The average molecular weight is 258 g/mol. The van der Waals surface area contributed by atoms with E-state index in [0.717, 1.165) is 0 Å². The summed E-state index contributed by atoms with van der Waals surface area (Å²) in [4.78, 5) is 15.1. The van der Waals surface area contributed by atoms with Crippen LogP contribution in [-0.2, 0) is 4.74 Å². The maximum Gasteiger partial charge on any atom is 0.344 e. The zero-order valence-electron chi connectivity index (χ0n) is 9.93. The van der Waals surface area contributed by atoms with E-state index in [-0.39, 0.29) is 18.2 Å². The molecule has 1 heterocycles. The zero-order chi connectivity index (χ0) is 12.8. The lowest BCUT2D eigenvalue weighted by Gasteiger charge is -2.08. The second-order valence-corrected chi connectivity index (χ2v) is 4.07. The molecule has 94 valence electrons. The number of hydrogen-bond donors (Lipinski definition) is 0. The van der Waals surface area contributed by atoms with Gasteiger partial charge in [0.15, 0.2) is 0 Å². The van der Waals surface area contributed by atoms with E-state index in [4.69, 9.17) is 9.47 Å². The molecule has 0 aliphatic rings. The van der Waals surface area contributed by atoms with Gasteiger partial charge in [0.05, 0.1) is 16.4 Å². The van der Waals surface area contributed by atoms with Crippen molar-refractivity contribution >= 4 is 17.4 Å². The van der Waals surface area contributed by atoms with Crippen LogP contribution in [0.1, 0.15) is 5.69 Å². The molecule has 0 aromatic carbocycles. The lowest BCUT2D eigenvalue weighted by atomic mass is 10.3. The third kappa shape index (κ3) is 3.57. The van der Waals surface area contributed by atoms with E-state index in [2.05, 4.69) is 4.98 Å². The predicted molar refractivity (Wildman–Crippen MR) is 64.8 cm³/mol. The van der Waals surface area contributed by atoms with Crippen LogP contribution >= 0.6 is 11.8 Å². The van der Waals surface area contributed by atoms with E-state index in [0.29, 0.717) is 17.2 Å². The van der Waals surface area contributed by atoms with Crippen LogP contribution in [0.2, 0.25) is 0 Å². The van der Waals surface area contributed by atoms with Crippen molar-refractivity contribution in [3.05, 3.63) is 21.9 Å². The molecule has 0 saturated carbocycles. The van der Waals surface area contributed by atoms with Crippen molar-refractivity contribution in [3.63, 3.8) is 0 Å². The Morgan fingerprint density at radius 2 is 2.24 bits per heavy atom. The molecule has 0 unspecified atom stereocenters. The largest absolute Gasteiger partial charge is 0.470 e. The van der Waals surface area contributed by atoms with Crippen LogP contribution in [-0.4, -0.2) is 36.5 Å². The van der Waals surface area contributed by atoms with E-state index in [9.17, 15) is 10.1 Å². The number of ether oxygens (including phenoxy) is 2. The van der Waals surface area contributed by atoms with Crippen LogP contribution < -0.4 is 4.74 Å². The quantitative estimate of drug-likeness (QED) is 0.336. The van der Waals surface area contributed by atoms with Crippen molar-refractivity contribution in [1.29, 1.82) is 0 Å². The third-order valence-corrected chi connectivity index (χ3v) is 2.73. The van der Waals surface area contributed by atoms with Gasteiger partial charge in [-0.25, -0.2) is 4.98 Å². The number of hydrogen-bond acceptors (Lipinski definition) is 6. The van der Waals surface area contributed by atoms with E-state index in [1.165, 1.54) is 18.9 Å². The molecule has 7 heteroatoms. The molecule has 0 radical (unpaired) electrons. The second kappa shape index (κ2) is 6.41. The fourth-order valence-electron chi connectivity index (χ4n) is 1.25. The number of nitrogens with zero attached hydrogens (tertiary/aromatic N) is 2. The van der Waals surface area contributed by atoms with Gasteiger partial charge in [-0.2, -0.15) is 0 Å². The molecule has 0 aliphatic heterocycles. The summed E-state index contributed by atoms with van der Waals surface area (Å²) in [5.74, 6) is 0.0522. The Kier molecular flexibility index (Phi) is 5.17. The molecular formula is C10H14N2O4S. The summed E-state index contributed by atoms with van der Waals surface area (Å²) < 4.78 is 10.1. The summed E-state index contributed by atoms with van der Waals surface area (Å²) in [5, 5.41) is 11.0. The summed E-state index contributed by atoms with van der Waals surface area (Å²) in [5.41, 5.74) is 0.603. The van der Waals surface area contributed by atoms with Gasteiger partial charge in [0.2, 0.25) is 0 Å². The van der Waals surface area contributed by atoms with E-state index < -0.39 is 4.92 Å². The monoisotopic (exact) mass is 258 g/mol. The standard InChI is InChI=1S/C10H14N2O4S/c1-7-6-8(17-3)9(12(13)14)10(11-7)16-5-4-15-2/h6H,4-5H2,1-3H3. The molecule has 0 bridgehead atoms. The maximum atomic E-state index is 11.0. The van der Waals surface area contributed by atoms with Crippen molar-refractivity contribution in [2.45, 2.75) is 11.8 Å². The molecule has 0 fully saturated rings. The second-order valence-electron chi connectivity index (χ2n) is 3.22. The molecule has 0 aliphatic carbocycles.